The summed E-state index contributed by atoms with van der Waals surface area (Å²) in [7, 11) is 0. The highest BCUT2D eigenvalue weighted by Gasteiger charge is 2.37. The van der Waals surface area contributed by atoms with E-state index in [1.807, 2.05) is 18.2 Å². The number of carbonyl (C=O) groups is 2. The lowest BCUT2D eigenvalue weighted by molar-refractivity contribution is 0.0402. The minimum absolute atomic E-state index is 0.0228. The van der Waals surface area contributed by atoms with Crippen molar-refractivity contribution in [3.8, 4) is 0 Å². The van der Waals surface area contributed by atoms with Crippen LogP contribution < -0.4 is 0 Å². The van der Waals surface area contributed by atoms with Crippen molar-refractivity contribution in [3.05, 3.63) is 71.3 Å². The quantitative estimate of drug-likeness (QED) is 0.718. The Morgan fingerprint density at radius 3 is 2.14 bits per heavy atom. The molecule has 1 fully saturated rings. The standard InChI is InChI=1S/C23H26N2O3/c1-16(18-11-12-18)24(13-17-7-3-2-4-8-17)14-19(26)15-25-22(27)20-9-5-6-10-21(20)23(25)28/h2-10,16,18-19,26H,11-15H2,1H3/t16-,19+/m0/s1. The van der Waals surface area contributed by atoms with Gasteiger partial charge in [-0.2, -0.15) is 0 Å². The van der Waals surface area contributed by atoms with Gasteiger partial charge in [-0.25, -0.2) is 0 Å². The number of β-amino-alcohol motifs (C(OH)–C–C–N with tert-alkyl or cyclic N) is 1. The lowest BCUT2D eigenvalue weighted by Gasteiger charge is -2.32. The molecule has 0 aromatic heterocycles. The van der Waals surface area contributed by atoms with E-state index < -0.39 is 6.10 Å². The number of imide groups is 1. The van der Waals surface area contributed by atoms with Crippen LogP contribution in [0.2, 0.25) is 0 Å². The maximum Gasteiger partial charge on any atom is 0.261 e. The average molecular weight is 378 g/mol. The molecule has 5 heteroatoms. The molecule has 2 aliphatic rings. The van der Waals surface area contributed by atoms with Crippen molar-refractivity contribution in [2.45, 2.75) is 38.5 Å². The Morgan fingerprint density at radius 2 is 1.57 bits per heavy atom. The van der Waals surface area contributed by atoms with E-state index in [0.717, 1.165) is 6.54 Å². The zero-order valence-corrected chi connectivity index (χ0v) is 16.1. The van der Waals surface area contributed by atoms with Crippen molar-refractivity contribution in [1.82, 2.24) is 9.80 Å². The fourth-order valence-electron chi connectivity index (χ4n) is 4.01. The van der Waals surface area contributed by atoms with E-state index in [0.29, 0.717) is 29.6 Å². The van der Waals surface area contributed by atoms with E-state index in [4.69, 9.17) is 0 Å². The van der Waals surface area contributed by atoms with E-state index in [-0.39, 0.29) is 18.4 Å². The molecule has 1 saturated carbocycles. The Bertz CT molecular complexity index is 828. The van der Waals surface area contributed by atoms with Gasteiger partial charge in [0.05, 0.1) is 23.8 Å². The summed E-state index contributed by atoms with van der Waals surface area (Å²) in [5.41, 5.74) is 2.04. The summed E-state index contributed by atoms with van der Waals surface area (Å²) in [4.78, 5) is 28.6. The molecule has 2 atom stereocenters. The highest BCUT2D eigenvalue weighted by molar-refractivity contribution is 6.21. The minimum atomic E-state index is -0.785. The van der Waals surface area contributed by atoms with Gasteiger partial charge in [-0.1, -0.05) is 42.5 Å². The number of rotatable bonds is 8. The van der Waals surface area contributed by atoms with Gasteiger partial charge in [-0.3, -0.25) is 19.4 Å². The molecular weight excluding hydrogens is 352 g/mol. The van der Waals surface area contributed by atoms with Crippen LogP contribution in [-0.4, -0.2) is 52.0 Å². The molecule has 0 bridgehead atoms. The Balaban J connectivity index is 1.44. The SMILES string of the molecule is C[C@@H](C1CC1)N(Cc1ccccc1)C[C@@H](O)CN1C(=O)c2ccccc2C1=O. The number of benzene rings is 2. The number of fused-ring (bicyclic) bond motifs is 1. The van der Waals surface area contributed by atoms with Crippen molar-refractivity contribution in [2.24, 2.45) is 5.92 Å². The molecule has 2 aromatic rings. The lowest BCUT2D eigenvalue weighted by atomic mass is 10.1. The second-order valence-corrected chi connectivity index (χ2v) is 7.91. The maximum atomic E-state index is 12.6. The first kappa shape index (κ1) is 18.8. The van der Waals surface area contributed by atoms with Gasteiger partial charge < -0.3 is 5.11 Å². The topological polar surface area (TPSA) is 60.9 Å². The molecule has 2 amide bonds. The summed E-state index contributed by atoms with van der Waals surface area (Å²) >= 11 is 0. The van der Waals surface area contributed by atoms with Gasteiger partial charge in [0.2, 0.25) is 0 Å². The predicted octanol–water partition coefficient (Wildman–Crippen LogP) is 2.94. The third kappa shape index (κ3) is 3.86. The van der Waals surface area contributed by atoms with E-state index >= 15 is 0 Å². The van der Waals surface area contributed by atoms with Crippen LogP contribution in [0.5, 0.6) is 0 Å². The summed E-state index contributed by atoms with van der Waals surface area (Å²) in [6.07, 6.45) is 1.66. The molecular formula is C23H26N2O3. The summed E-state index contributed by atoms with van der Waals surface area (Å²) in [5.74, 6) is 0.0317. The fourth-order valence-corrected chi connectivity index (χ4v) is 4.01. The Hall–Kier alpha value is -2.50. The first-order valence-corrected chi connectivity index (χ1v) is 9.96. The first-order chi connectivity index (χ1) is 13.5. The van der Waals surface area contributed by atoms with Crippen molar-refractivity contribution >= 4 is 11.8 Å². The second kappa shape index (κ2) is 7.86. The molecule has 28 heavy (non-hydrogen) atoms. The zero-order chi connectivity index (χ0) is 19.7. The normalized spacial score (nSPS) is 18.5. The van der Waals surface area contributed by atoms with Crippen LogP contribution in [0, 0.1) is 5.92 Å². The van der Waals surface area contributed by atoms with E-state index in [1.165, 1.54) is 23.3 Å². The van der Waals surface area contributed by atoms with Gasteiger partial charge >= 0.3 is 0 Å². The van der Waals surface area contributed by atoms with Crippen LogP contribution in [0.1, 0.15) is 46.0 Å². The van der Waals surface area contributed by atoms with E-state index in [1.54, 1.807) is 24.3 Å². The Morgan fingerprint density at radius 1 is 1.00 bits per heavy atom. The van der Waals surface area contributed by atoms with Crippen LogP contribution >= 0.6 is 0 Å². The number of hydrogen-bond donors (Lipinski definition) is 1. The third-order valence-corrected chi connectivity index (χ3v) is 5.83. The molecule has 0 unspecified atom stereocenters. The maximum absolute atomic E-state index is 12.6. The highest BCUT2D eigenvalue weighted by atomic mass is 16.3. The smallest absolute Gasteiger partial charge is 0.261 e. The average Bonchev–Trinajstić information content (AvgIpc) is 3.53. The van der Waals surface area contributed by atoms with Gasteiger partial charge in [0, 0.05) is 19.1 Å². The first-order valence-electron chi connectivity index (χ1n) is 9.96. The lowest BCUT2D eigenvalue weighted by Crippen LogP contribution is -2.45. The minimum Gasteiger partial charge on any atom is -0.390 e. The van der Waals surface area contributed by atoms with Crippen molar-refractivity contribution in [3.63, 3.8) is 0 Å². The number of nitrogens with zero attached hydrogens (tertiary/aromatic N) is 2. The van der Waals surface area contributed by atoms with Gasteiger partial charge in [-0.05, 0) is 43.4 Å². The number of aliphatic hydroxyl groups excluding tert-OH is 1. The van der Waals surface area contributed by atoms with Gasteiger partial charge in [-0.15, -0.1) is 0 Å². The van der Waals surface area contributed by atoms with Crippen molar-refractivity contribution < 1.29 is 14.7 Å². The van der Waals surface area contributed by atoms with Crippen LogP contribution in [0.3, 0.4) is 0 Å². The second-order valence-electron chi connectivity index (χ2n) is 7.91. The summed E-state index contributed by atoms with van der Waals surface area (Å²) < 4.78 is 0. The van der Waals surface area contributed by atoms with Crippen LogP contribution in [-0.2, 0) is 6.54 Å². The van der Waals surface area contributed by atoms with E-state index in [2.05, 4.69) is 24.0 Å². The summed E-state index contributed by atoms with van der Waals surface area (Å²) in [6, 6.07) is 17.4. The van der Waals surface area contributed by atoms with Crippen molar-refractivity contribution in [2.75, 3.05) is 13.1 Å². The Kier molecular flexibility index (Phi) is 5.29. The number of amides is 2. The molecule has 5 nitrogen and oxygen atoms in total. The van der Waals surface area contributed by atoms with Gasteiger partial charge in [0.15, 0.2) is 0 Å². The molecule has 1 aliphatic carbocycles. The fraction of sp³-hybridized carbons (Fsp3) is 0.391. The molecule has 1 aliphatic heterocycles. The number of aliphatic hydroxyl groups is 1. The Labute approximate surface area is 165 Å². The van der Waals surface area contributed by atoms with Gasteiger partial charge in [0.1, 0.15) is 0 Å². The molecule has 0 radical (unpaired) electrons. The van der Waals surface area contributed by atoms with Crippen molar-refractivity contribution in [1.29, 1.82) is 0 Å². The van der Waals surface area contributed by atoms with E-state index in [9.17, 15) is 14.7 Å². The van der Waals surface area contributed by atoms with Gasteiger partial charge in [0.25, 0.3) is 11.8 Å². The molecule has 1 heterocycles. The molecule has 0 spiro atoms. The monoisotopic (exact) mass is 378 g/mol. The molecule has 0 saturated heterocycles. The third-order valence-electron chi connectivity index (χ3n) is 5.83. The largest absolute Gasteiger partial charge is 0.390 e. The zero-order valence-electron chi connectivity index (χ0n) is 16.1. The van der Waals surface area contributed by atoms with Crippen LogP contribution in [0.4, 0.5) is 0 Å². The summed E-state index contributed by atoms with van der Waals surface area (Å²) in [6.45, 7) is 3.40. The molecule has 4 rings (SSSR count). The highest BCUT2D eigenvalue weighted by Crippen LogP contribution is 2.35. The number of carbonyl (C=O) groups excluding carboxylic acids is 2. The molecule has 1 N–H and O–H groups in total. The molecule has 2 aromatic carbocycles. The summed E-state index contributed by atoms with van der Waals surface area (Å²) in [5, 5.41) is 10.7. The molecule has 146 valence electrons. The number of hydrogen-bond acceptors (Lipinski definition) is 4. The van der Waals surface area contributed by atoms with Crippen LogP contribution in [0.15, 0.2) is 54.6 Å². The van der Waals surface area contributed by atoms with Crippen LogP contribution in [0.25, 0.3) is 0 Å². The predicted molar refractivity (Wildman–Crippen MR) is 107 cm³/mol.